The number of halogens is 3. The summed E-state index contributed by atoms with van der Waals surface area (Å²) in [6.45, 7) is 2.15. The third-order valence-corrected chi connectivity index (χ3v) is 4.51. The van der Waals surface area contributed by atoms with Gasteiger partial charge in [-0.25, -0.2) is 0 Å². The average Bonchev–Trinajstić information content (AvgIpc) is 2.60. The SMILES string of the molecule is CCCCCCCCC(c1ccc(C(F)(F)F)cc1)C(O)(OC)OC. The molecule has 0 amide bonds. The molecule has 1 atom stereocenters. The van der Waals surface area contributed by atoms with Gasteiger partial charge in [0.2, 0.25) is 0 Å². The van der Waals surface area contributed by atoms with Gasteiger partial charge in [0.1, 0.15) is 0 Å². The molecular formula is C19H29F3O3. The van der Waals surface area contributed by atoms with Gasteiger partial charge in [0, 0.05) is 14.2 Å². The number of benzene rings is 1. The highest BCUT2D eigenvalue weighted by Crippen LogP contribution is 2.36. The summed E-state index contributed by atoms with van der Waals surface area (Å²) >= 11 is 0. The molecule has 6 heteroatoms. The Kier molecular flexibility index (Phi) is 8.89. The maximum atomic E-state index is 12.7. The first-order valence-corrected chi connectivity index (χ1v) is 8.78. The topological polar surface area (TPSA) is 38.7 Å². The van der Waals surface area contributed by atoms with E-state index in [-0.39, 0.29) is 0 Å². The molecule has 1 rings (SSSR count). The third-order valence-electron chi connectivity index (χ3n) is 4.51. The number of aliphatic hydroxyl groups is 1. The largest absolute Gasteiger partial charge is 0.416 e. The van der Waals surface area contributed by atoms with Crippen molar-refractivity contribution in [3.63, 3.8) is 0 Å². The molecule has 0 aliphatic rings. The first kappa shape index (κ1) is 21.9. The van der Waals surface area contributed by atoms with E-state index in [9.17, 15) is 18.3 Å². The first-order chi connectivity index (χ1) is 11.8. The molecule has 0 saturated heterocycles. The van der Waals surface area contributed by atoms with E-state index in [2.05, 4.69) is 6.92 Å². The smallest absolute Gasteiger partial charge is 0.343 e. The lowest BCUT2D eigenvalue weighted by Gasteiger charge is -2.33. The van der Waals surface area contributed by atoms with Crippen molar-refractivity contribution < 1.29 is 27.8 Å². The molecule has 0 bridgehead atoms. The average molecular weight is 362 g/mol. The Morgan fingerprint density at radius 2 is 1.44 bits per heavy atom. The quantitative estimate of drug-likeness (QED) is 0.418. The van der Waals surface area contributed by atoms with E-state index in [4.69, 9.17) is 9.47 Å². The number of rotatable bonds is 11. The third kappa shape index (κ3) is 6.60. The summed E-state index contributed by atoms with van der Waals surface area (Å²) in [4.78, 5) is 0. The van der Waals surface area contributed by atoms with Crippen LogP contribution in [0.3, 0.4) is 0 Å². The summed E-state index contributed by atoms with van der Waals surface area (Å²) in [6.07, 6.45) is 2.66. The van der Waals surface area contributed by atoms with Crippen LogP contribution in [0, 0.1) is 0 Å². The van der Waals surface area contributed by atoms with Gasteiger partial charge < -0.3 is 14.6 Å². The van der Waals surface area contributed by atoms with Gasteiger partial charge in [-0.1, -0.05) is 57.6 Å². The van der Waals surface area contributed by atoms with E-state index in [1.54, 1.807) is 0 Å². The molecule has 0 fully saturated rings. The van der Waals surface area contributed by atoms with Gasteiger partial charge >= 0.3 is 6.18 Å². The second kappa shape index (κ2) is 10.1. The number of hydrogen-bond acceptors (Lipinski definition) is 3. The lowest BCUT2D eigenvalue weighted by atomic mass is 9.89. The van der Waals surface area contributed by atoms with E-state index in [0.717, 1.165) is 31.4 Å². The summed E-state index contributed by atoms with van der Waals surface area (Å²) < 4.78 is 48.4. The molecule has 0 spiro atoms. The maximum Gasteiger partial charge on any atom is 0.416 e. The molecule has 0 aliphatic carbocycles. The van der Waals surface area contributed by atoms with Crippen LogP contribution in [0.4, 0.5) is 13.2 Å². The molecular weight excluding hydrogens is 333 g/mol. The molecule has 0 heterocycles. The summed E-state index contributed by atoms with van der Waals surface area (Å²) in [7, 11) is 2.64. The molecule has 1 aromatic rings. The zero-order chi connectivity index (χ0) is 18.9. The highest BCUT2D eigenvalue weighted by molar-refractivity contribution is 5.28. The van der Waals surface area contributed by atoms with E-state index in [0.29, 0.717) is 12.0 Å². The summed E-state index contributed by atoms with van der Waals surface area (Å²) in [5.74, 6) is -2.42. The fourth-order valence-corrected chi connectivity index (χ4v) is 2.96. The van der Waals surface area contributed by atoms with Gasteiger partial charge in [-0.2, -0.15) is 13.2 Å². The second-order valence-electron chi connectivity index (χ2n) is 6.27. The van der Waals surface area contributed by atoms with Crippen molar-refractivity contribution in [2.45, 2.75) is 69.9 Å². The summed E-state index contributed by atoms with van der Waals surface area (Å²) in [5, 5.41) is 10.5. The molecule has 0 saturated carbocycles. The first-order valence-electron chi connectivity index (χ1n) is 8.78. The minimum absolute atomic E-state index is 0.559. The Labute approximate surface area is 148 Å². The number of alkyl halides is 3. The predicted octanol–water partition coefficient (Wildman–Crippen LogP) is 5.48. The van der Waals surface area contributed by atoms with Crippen LogP contribution in [0.5, 0.6) is 0 Å². The molecule has 1 N–H and O–H groups in total. The van der Waals surface area contributed by atoms with Crippen molar-refractivity contribution in [1.29, 1.82) is 0 Å². The van der Waals surface area contributed by atoms with Gasteiger partial charge in [-0.3, -0.25) is 0 Å². The standard InChI is InChI=1S/C19H29F3O3/c1-4-5-6-7-8-9-10-17(19(23,24-2)25-3)15-11-13-16(14-12-15)18(20,21)22/h11-14,17,23H,4-10H2,1-3H3. The molecule has 0 aromatic heterocycles. The minimum atomic E-state index is -4.38. The van der Waals surface area contributed by atoms with Crippen LogP contribution in [0.1, 0.15) is 68.9 Å². The van der Waals surface area contributed by atoms with Crippen molar-refractivity contribution in [3.8, 4) is 0 Å². The number of hydrogen-bond donors (Lipinski definition) is 1. The van der Waals surface area contributed by atoms with E-state index in [1.807, 2.05) is 0 Å². The fraction of sp³-hybridized carbons (Fsp3) is 0.684. The zero-order valence-corrected chi connectivity index (χ0v) is 15.2. The normalized spacial score (nSPS) is 13.9. The van der Waals surface area contributed by atoms with Crippen molar-refractivity contribution in [2.24, 2.45) is 0 Å². The summed E-state index contributed by atoms with van der Waals surface area (Å²) in [6, 6.07) is 4.81. The zero-order valence-electron chi connectivity index (χ0n) is 15.2. The molecule has 1 unspecified atom stereocenters. The Morgan fingerprint density at radius 1 is 0.920 bits per heavy atom. The van der Waals surface area contributed by atoms with Crippen molar-refractivity contribution in [2.75, 3.05) is 14.2 Å². The van der Waals surface area contributed by atoms with Gasteiger partial charge in [0.25, 0.3) is 5.97 Å². The Hall–Kier alpha value is -1.11. The molecule has 0 radical (unpaired) electrons. The van der Waals surface area contributed by atoms with Crippen LogP contribution < -0.4 is 0 Å². The summed E-state index contributed by atoms with van der Waals surface area (Å²) in [5.41, 5.74) is -0.152. The maximum absolute atomic E-state index is 12.7. The van der Waals surface area contributed by atoms with Crippen LogP contribution >= 0.6 is 0 Å². The predicted molar refractivity (Wildman–Crippen MR) is 91.1 cm³/mol. The van der Waals surface area contributed by atoms with Gasteiger partial charge in [0.05, 0.1) is 11.5 Å². The van der Waals surface area contributed by atoms with E-state index < -0.39 is 23.6 Å². The molecule has 1 aromatic carbocycles. The van der Waals surface area contributed by atoms with Crippen LogP contribution in [0.15, 0.2) is 24.3 Å². The Bertz CT molecular complexity index is 482. The second-order valence-corrected chi connectivity index (χ2v) is 6.27. The van der Waals surface area contributed by atoms with Crippen molar-refractivity contribution >= 4 is 0 Å². The Morgan fingerprint density at radius 3 is 1.92 bits per heavy atom. The lowest BCUT2D eigenvalue weighted by molar-refractivity contribution is -0.353. The molecule has 144 valence electrons. The van der Waals surface area contributed by atoms with Crippen LogP contribution in [0.25, 0.3) is 0 Å². The number of methoxy groups -OCH3 is 2. The van der Waals surface area contributed by atoms with Crippen LogP contribution in [-0.2, 0) is 15.7 Å². The van der Waals surface area contributed by atoms with Gasteiger partial charge in [0.15, 0.2) is 0 Å². The van der Waals surface area contributed by atoms with Crippen molar-refractivity contribution in [1.82, 2.24) is 0 Å². The molecule has 3 nitrogen and oxygen atoms in total. The minimum Gasteiger partial charge on any atom is -0.343 e. The fourth-order valence-electron chi connectivity index (χ4n) is 2.96. The molecule has 0 aliphatic heterocycles. The van der Waals surface area contributed by atoms with E-state index >= 15 is 0 Å². The van der Waals surface area contributed by atoms with Gasteiger partial charge in [-0.15, -0.1) is 0 Å². The monoisotopic (exact) mass is 362 g/mol. The highest BCUT2D eigenvalue weighted by atomic mass is 19.4. The van der Waals surface area contributed by atoms with E-state index in [1.165, 1.54) is 45.6 Å². The van der Waals surface area contributed by atoms with Gasteiger partial charge in [-0.05, 0) is 24.1 Å². The Balaban J connectivity index is 2.84. The lowest BCUT2D eigenvalue weighted by Crippen LogP contribution is -2.40. The number of ether oxygens (including phenoxy) is 2. The van der Waals surface area contributed by atoms with Crippen molar-refractivity contribution in [3.05, 3.63) is 35.4 Å². The highest BCUT2D eigenvalue weighted by Gasteiger charge is 2.39. The molecule has 25 heavy (non-hydrogen) atoms. The van der Waals surface area contributed by atoms with Crippen LogP contribution in [-0.4, -0.2) is 25.3 Å². The number of unbranched alkanes of at least 4 members (excludes halogenated alkanes) is 5. The van der Waals surface area contributed by atoms with Crippen LogP contribution in [0.2, 0.25) is 0 Å².